The summed E-state index contributed by atoms with van der Waals surface area (Å²) in [6, 6.07) is 10.2. The zero-order valence-corrected chi connectivity index (χ0v) is 13.0. The second-order valence-corrected chi connectivity index (χ2v) is 5.10. The molecule has 0 aliphatic carbocycles. The minimum absolute atomic E-state index is 0.300. The fraction of sp³-hybridized carbons (Fsp3) is 0.143. The van der Waals surface area contributed by atoms with Gasteiger partial charge in [-0.15, -0.1) is 0 Å². The van der Waals surface area contributed by atoms with Gasteiger partial charge in [-0.05, 0) is 53.2 Å². The predicted molar refractivity (Wildman–Crippen MR) is 82.5 cm³/mol. The van der Waals surface area contributed by atoms with Gasteiger partial charge in [0.05, 0.1) is 11.6 Å². The largest absolute Gasteiger partial charge is 0.492 e. The van der Waals surface area contributed by atoms with E-state index in [4.69, 9.17) is 16.3 Å². The topological polar surface area (TPSA) is 51.2 Å². The molecule has 0 bridgehead atoms. The second kappa shape index (κ2) is 6.72. The Morgan fingerprint density at radius 1 is 1.40 bits per heavy atom. The van der Waals surface area contributed by atoms with Gasteiger partial charge in [0.15, 0.2) is 0 Å². The summed E-state index contributed by atoms with van der Waals surface area (Å²) < 4.78 is 5.94. The summed E-state index contributed by atoms with van der Waals surface area (Å²) in [6.45, 7) is 2.42. The van der Waals surface area contributed by atoms with Crippen LogP contribution in [-0.4, -0.2) is 17.5 Å². The van der Waals surface area contributed by atoms with Crippen molar-refractivity contribution in [2.24, 2.45) is 0 Å². The fourth-order valence-electron chi connectivity index (χ4n) is 1.58. The number of aromatic nitrogens is 1. The first-order valence-electron chi connectivity index (χ1n) is 5.96. The third kappa shape index (κ3) is 3.71. The molecule has 20 heavy (non-hydrogen) atoms. The van der Waals surface area contributed by atoms with Crippen molar-refractivity contribution in [3.8, 4) is 5.75 Å². The summed E-state index contributed by atoms with van der Waals surface area (Å²) in [4.78, 5) is 16.1. The highest BCUT2D eigenvalue weighted by Crippen LogP contribution is 2.27. The molecule has 4 nitrogen and oxygen atoms in total. The summed E-state index contributed by atoms with van der Waals surface area (Å²) in [6.07, 6.45) is 0. The van der Waals surface area contributed by atoms with E-state index in [0.717, 1.165) is 0 Å². The minimum atomic E-state index is -0.300. The number of hydrogen-bond acceptors (Lipinski definition) is 3. The number of hydrogen-bond donors (Lipinski definition) is 1. The van der Waals surface area contributed by atoms with E-state index in [-0.39, 0.29) is 5.91 Å². The summed E-state index contributed by atoms with van der Waals surface area (Å²) in [5.41, 5.74) is 0.912. The van der Waals surface area contributed by atoms with Crippen LogP contribution in [0.4, 0.5) is 5.69 Å². The lowest BCUT2D eigenvalue weighted by Gasteiger charge is -2.09. The number of nitrogens with zero attached hydrogens (tertiary/aromatic N) is 1. The lowest BCUT2D eigenvalue weighted by molar-refractivity contribution is 0.102. The Labute approximate surface area is 130 Å². The Morgan fingerprint density at radius 2 is 2.20 bits per heavy atom. The molecule has 6 heteroatoms. The Balaban J connectivity index is 2.14. The molecular weight excluding hydrogens is 344 g/mol. The number of halogens is 2. The third-order valence-electron chi connectivity index (χ3n) is 2.44. The van der Waals surface area contributed by atoms with E-state index >= 15 is 0 Å². The molecule has 0 unspecified atom stereocenters. The van der Waals surface area contributed by atoms with Crippen molar-refractivity contribution >= 4 is 39.1 Å². The maximum absolute atomic E-state index is 12.0. The van der Waals surface area contributed by atoms with E-state index in [1.807, 2.05) is 6.92 Å². The van der Waals surface area contributed by atoms with Gasteiger partial charge in [0.25, 0.3) is 5.91 Å². The van der Waals surface area contributed by atoms with E-state index in [9.17, 15) is 4.79 Å². The van der Waals surface area contributed by atoms with Crippen LogP contribution in [0.1, 0.15) is 17.4 Å². The van der Waals surface area contributed by atoms with Crippen LogP contribution in [0.15, 0.2) is 41.0 Å². The SMILES string of the molecule is CCOc1ccc(NC(=O)c2cccc(Br)n2)cc1Cl. The highest BCUT2D eigenvalue weighted by atomic mass is 79.9. The molecule has 0 saturated carbocycles. The number of ether oxygens (including phenoxy) is 1. The number of pyridine rings is 1. The van der Waals surface area contributed by atoms with E-state index in [1.54, 1.807) is 36.4 Å². The first kappa shape index (κ1) is 14.8. The van der Waals surface area contributed by atoms with Crippen LogP contribution in [0, 0.1) is 0 Å². The van der Waals surface area contributed by atoms with Crippen LogP contribution in [0.3, 0.4) is 0 Å². The molecule has 0 aliphatic heterocycles. The van der Waals surface area contributed by atoms with Crippen molar-refractivity contribution in [2.75, 3.05) is 11.9 Å². The second-order valence-electron chi connectivity index (χ2n) is 3.88. The molecule has 0 atom stereocenters. The van der Waals surface area contributed by atoms with Crippen molar-refractivity contribution in [3.05, 3.63) is 51.7 Å². The Bertz CT molecular complexity index is 634. The number of nitrogens with one attached hydrogen (secondary N) is 1. The van der Waals surface area contributed by atoms with Gasteiger partial charge in [-0.3, -0.25) is 4.79 Å². The molecule has 0 radical (unpaired) electrons. The number of rotatable bonds is 4. The first-order chi connectivity index (χ1) is 9.60. The smallest absolute Gasteiger partial charge is 0.274 e. The molecule has 0 saturated heterocycles. The van der Waals surface area contributed by atoms with Gasteiger partial charge in [0.2, 0.25) is 0 Å². The van der Waals surface area contributed by atoms with Crippen molar-refractivity contribution in [1.82, 2.24) is 4.98 Å². The summed E-state index contributed by atoms with van der Waals surface area (Å²) in [7, 11) is 0. The standard InChI is InChI=1S/C14H12BrClN2O2/c1-2-20-12-7-6-9(8-10(12)16)17-14(19)11-4-3-5-13(15)18-11/h3-8H,2H2,1H3,(H,17,19). The van der Waals surface area contributed by atoms with E-state index in [0.29, 0.717) is 33.4 Å². The number of carbonyl (C=O) groups is 1. The monoisotopic (exact) mass is 354 g/mol. The maximum Gasteiger partial charge on any atom is 0.274 e. The fourth-order valence-corrected chi connectivity index (χ4v) is 2.16. The molecule has 1 heterocycles. The van der Waals surface area contributed by atoms with Gasteiger partial charge in [-0.1, -0.05) is 17.7 Å². The van der Waals surface area contributed by atoms with Gasteiger partial charge in [0, 0.05) is 5.69 Å². The molecule has 1 aromatic heterocycles. The van der Waals surface area contributed by atoms with Gasteiger partial charge in [0.1, 0.15) is 16.0 Å². The van der Waals surface area contributed by atoms with E-state index in [1.165, 1.54) is 0 Å². The summed E-state index contributed by atoms with van der Waals surface area (Å²) in [5, 5.41) is 3.18. The highest BCUT2D eigenvalue weighted by molar-refractivity contribution is 9.10. The summed E-state index contributed by atoms with van der Waals surface area (Å²) in [5.74, 6) is 0.291. The first-order valence-corrected chi connectivity index (χ1v) is 7.13. The average Bonchev–Trinajstić information content (AvgIpc) is 2.42. The Hall–Kier alpha value is -1.59. The zero-order valence-electron chi connectivity index (χ0n) is 10.7. The van der Waals surface area contributed by atoms with Gasteiger partial charge < -0.3 is 10.1 Å². The molecule has 2 aromatic rings. The maximum atomic E-state index is 12.0. The molecular formula is C14H12BrClN2O2. The molecule has 0 aliphatic rings. The van der Waals surface area contributed by atoms with Crippen LogP contribution >= 0.6 is 27.5 Å². The summed E-state index contributed by atoms with van der Waals surface area (Å²) >= 11 is 9.29. The van der Waals surface area contributed by atoms with Crippen LogP contribution < -0.4 is 10.1 Å². The van der Waals surface area contributed by atoms with Crippen molar-refractivity contribution in [3.63, 3.8) is 0 Å². The van der Waals surface area contributed by atoms with Gasteiger partial charge in [-0.2, -0.15) is 0 Å². The van der Waals surface area contributed by atoms with Crippen molar-refractivity contribution < 1.29 is 9.53 Å². The number of anilines is 1. The van der Waals surface area contributed by atoms with Crippen molar-refractivity contribution in [2.45, 2.75) is 6.92 Å². The van der Waals surface area contributed by atoms with Crippen LogP contribution in [0.2, 0.25) is 5.02 Å². The van der Waals surface area contributed by atoms with Crippen molar-refractivity contribution in [1.29, 1.82) is 0 Å². The molecule has 2 rings (SSSR count). The number of carbonyl (C=O) groups excluding carboxylic acids is 1. The predicted octanol–water partition coefficient (Wildman–Crippen LogP) is 4.15. The lowest BCUT2D eigenvalue weighted by atomic mass is 10.2. The normalized spacial score (nSPS) is 10.2. The number of amides is 1. The van der Waals surface area contributed by atoms with Crippen LogP contribution in [-0.2, 0) is 0 Å². The molecule has 0 spiro atoms. The quantitative estimate of drug-likeness (QED) is 0.838. The Morgan fingerprint density at radius 3 is 2.85 bits per heavy atom. The molecule has 1 amide bonds. The lowest BCUT2D eigenvalue weighted by Crippen LogP contribution is -2.13. The van der Waals surface area contributed by atoms with Gasteiger partial charge in [-0.25, -0.2) is 4.98 Å². The van der Waals surface area contributed by atoms with E-state index in [2.05, 4.69) is 26.2 Å². The molecule has 1 aromatic carbocycles. The molecule has 0 fully saturated rings. The molecule has 1 N–H and O–H groups in total. The molecule has 104 valence electrons. The highest BCUT2D eigenvalue weighted by Gasteiger charge is 2.09. The van der Waals surface area contributed by atoms with Gasteiger partial charge >= 0.3 is 0 Å². The van der Waals surface area contributed by atoms with Crippen LogP contribution in [0.5, 0.6) is 5.75 Å². The zero-order chi connectivity index (χ0) is 14.5. The average molecular weight is 356 g/mol. The third-order valence-corrected chi connectivity index (χ3v) is 3.17. The Kier molecular flexibility index (Phi) is 4.98. The number of benzene rings is 1. The van der Waals surface area contributed by atoms with Crippen LogP contribution in [0.25, 0.3) is 0 Å². The van der Waals surface area contributed by atoms with E-state index < -0.39 is 0 Å². The minimum Gasteiger partial charge on any atom is -0.492 e.